The Bertz CT molecular complexity index is 1530. The first kappa shape index (κ1) is 21.1. The van der Waals surface area contributed by atoms with Gasteiger partial charge in [0.1, 0.15) is 5.58 Å². The maximum atomic E-state index is 13.7. The van der Waals surface area contributed by atoms with Crippen LogP contribution in [0.4, 0.5) is 5.95 Å². The lowest BCUT2D eigenvalue weighted by molar-refractivity contribution is 0.496. The van der Waals surface area contributed by atoms with Crippen LogP contribution in [0, 0.1) is 11.8 Å². The van der Waals surface area contributed by atoms with Gasteiger partial charge in [-0.2, -0.15) is 4.98 Å². The van der Waals surface area contributed by atoms with Crippen LogP contribution in [-0.2, 0) is 20.1 Å². The van der Waals surface area contributed by atoms with Crippen LogP contribution in [0.2, 0.25) is 0 Å². The lowest BCUT2D eigenvalue weighted by Gasteiger charge is -2.31. The molecule has 9 heteroatoms. The molecule has 3 aromatic heterocycles. The van der Waals surface area contributed by atoms with Crippen molar-refractivity contribution < 1.29 is 4.42 Å². The lowest BCUT2D eigenvalue weighted by Crippen LogP contribution is -2.44. The van der Waals surface area contributed by atoms with E-state index < -0.39 is 11.2 Å². The number of furan rings is 1. The number of anilines is 1. The molecule has 170 valence electrons. The second-order valence-electron chi connectivity index (χ2n) is 8.44. The Morgan fingerprint density at radius 2 is 2.06 bits per heavy atom. The van der Waals surface area contributed by atoms with E-state index in [9.17, 15) is 9.59 Å². The molecule has 0 saturated carbocycles. The number of fused-ring (bicyclic) bond motifs is 2. The third-order valence-corrected chi connectivity index (χ3v) is 6.26. The zero-order valence-electron chi connectivity index (χ0n) is 18.7. The van der Waals surface area contributed by atoms with E-state index in [1.165, 1.54) is 9.13 Å². The van der Waals surface area contributed by atoms with Crippen LogP contribution in [0.3, 0.4) is 0 Å². The average Bonchev–Trinajstić information content (AvgIpc) is 3.41. The summed E-state index contributed by atoms with van der Waals surface area (Å²) >= 11 is 0. The number of piperidine rings is 1. The Morgan fingerprint density at radius 3 is 2.85 bits per heavy atom. The molecule has 0 spiro atoms. The van der Waals surface area contributed by atoms with Gasteiger partial charge in [-0.3, -0.25) is 18.5 Å². The number of rotatable bonds is 4. The van der Waals surface area contributed by atoms with Crippen molar-refractivity contribution in [2.75, 3.05) is 18.0 Å². The second kappa shape index (κ2) is 8.30. The lowest BCUT2D eigenvalue weighted by atomic mass is 10.1. The van der Waals surface area contributed by atoms with Crippen molar-refractivity contribution in [2.45, 2.75) is 38.9 Å². The van der Waals surface area contributed by atoms with Crippen molar-refractivity contribution in [3.63, 3.8) is 0 Å². The molecule has 4 heterocycles. The first-order valence-electron chi connectivity index (χ1n) is 11.0. The standard InChI is InChI=1S/C24H26N6O3/c1-3-4-12-29-20-21(26-23(29)28-11-7-8-17(25)14-28)27(2)24(32)30(22(20)31)13-16-15-33-19-10-6-5-9-18(16)19/h5-6,9-10,15,17H,7-8,11-14,25H2,1-2H3. The molecule has 1 fully saturated rings. The SMILES string of the molecule is CC#CCn1c(N2CCCC(N)C2)nc2c1c(=O)n(Cc1coc3ccccc13)c(=O)n2C. The summed E-state index contributed by atoms with van der Waals surface area (Å²) in [5, 5.41) is 0.875. The molecular weight excluding hydrogens is 420 g/mol. The van der Waals surface area contributed by atoms with Crippen molar-refractivity contribution in [1.82, 2.24) is 18.7 Å². The Hall–Kier alpha value is -3.77. The van der Waals surface area contributed by atoms with Crippen molar-refractivity contribution in [3.8, 4) is 11.8 Å². The van der Waals surface area contributed by atoms with Crippen molar-refractivity contribution in [1.29, 1.82) is 0 Å². The minimum atomic E-state index is -0.425. The number of imidazole rings is 1. The molecule has 33 heavy (non-hydrogen) atoms. The van der Waals surface area contributed by atoms with Gasteiger partial charge < -0.3 is 15.1 Å². The molecule has 1 aromatic carbocycles. The van der Waals surface area contributed by atoms with Gasteiger partial charge >= 0.3 is 5.69 Å². The van der Waals surface area contributed by atoms with Crippen LogP contribution in [-0.4, -0.2) is 37.8 Å². The summed E-state index contributed by atoms with van der Waals surface area (Å²) < 4.78 is 10.1. The average molecular weight is 447 g/mol. The Morgan fingerprint density at radius 1 is 1.24 bits per heavy atom. The van der Waals surface area contributed by atoms with Crippen molar-refractivity contribution in [2.24, 2.45) is 12.8 Å². The summed E-state index contributed by atoms with van der Waals surface area (Å²) in [6.07, 6.45) is 3.50. The van der Waals surface area contributed by atoms with Crippen LogP contribution in [0.15, 0.2) is 44.5 Å². The van der Waals surface area contributed by atoms with Crippen molar-refractivity contribution >= 4 is 28.1 Å². The second-order valence-corrected chi connectivity index (χ2v) is 8.44. The van der Waals surface area contributed by atoms with Crippen LogP contribution < -0.4 is 21.9 Å². The van der Waals surface area contributed by atoms with Gasteiger partial charge in [0.2, 0.25) is 5.95 Å². The highest BCUT2D eigenvalue weighted by Crippen LogP contribution is 2.24. The number of nitrogens with two attached hydrogens (primary N) is 1. The Balaban J connectivity index is 1.71. The van der Waals surface area contributed by atoms with E-state index in [2.05, 4.69) is 16.7 Å². The highest BCUT2D eigenvalue weighted by Gasteiger charge is 2.26. The topological polar surface area (TPSA) is 104 Å². The van der Waals surface area contributed by atoms with E-state index in [1.54, 1.807) is 20.2 Å². The predicted octanol–water partition coefficient (Wildman–Crippen LogP) is 1.64. The molecule has 0 amide bonds. The summed E-state index contributed by atoms with van der Waals surface area (Å²) in [7, 11) is 1.64. The number of hydrogen-bond donors (Lipinski definition) is 1. The normalized spacial score (nSPS) is 16.3. The van der Waals surface area contributed by atoms with E-state index >= 15 is 0 Å². The van der Waals surface area contributed by atoms with Gasteiger partial charge in [0.15, 0.2) is 11.2 Å². The molecule has 1 aliphatic rings. The third-order valence-electron chi connectivity index (χ3n) is 6.26. The highest BCUT2D eigenvalue weighted by molar-refractivity contribution is 5.81. The summed E-state index contributed by atoms with van der Waals surface area (Å²) in [6, 6.07) is 7.60. The summed E-state index contributed by atoms with van der Waals surface area (Å²) in [6.45, 7) is 3.60. The van der Waals surface area contributed by atoms with Gasteiger partial charge in [0.25, 0.3) is 5.56 Å². The molecule has 4 aromatic rings. The van der Waals surface area contributed by atoms with E-state index in [-0.39, 0.29) is 12.6 Å². The summed E-state index contributed by atoms with van der Waals surface area (Å²) in [5.41, 5.74) is 7.58. The quantitative estimate of drug-likeness (QED) is 0.478. The minimum Gasteiger partial charge on any atom is -0.464 e. The molecule has 0 aliphatic carbocycles. The smallest absolute Gasteiger partial charge is 0.332 e. The number of nitrogens with zero attached hydrogens (tertiary/aromatic N) is 5. The van der Waals surface area contributed by atoms with Gasteiger partial charge in [-0.25, -0.2) is 4.79 Å². The van der Waals surface area contributed by atoms with E-state index in [0.717, 1.165) is 30.3 Å². The van der Waals surface area contributed by atoms with Crippen LogP contribution in [0.1, 0.15) is 25.3 Å². The number of benzene rings is 1. The fourth-order valence-electron chi connectivity index (χ4n) is 4.57. The third kappa shape index (κ3) is 3.52. The minimum absolute atomic E-state index is 0.0409. The largest absolute Gasteiger partial charge is 0.464 e. The summed E-state index contributed by atoms with van der Waals surface area (Å²) in [5.74, 6) is 6.57. The van der Waals surface area contributed by atoms with Gasteiger partial charge in [0.05, 0.1) is 19.4 Å². The molecule has 0 radical (unpaired) electrons. The van der Waals surface area contributed by atoms with Gasteiger partial charge in [0, 0.05) is 37.1 Å². The van der Waals surface area contributed by atoms with Gasteiger partial charge in [-0.1, -0.05) is 24.1 Å². The summed E-state index contributed by atoms with van der Waals surface area (Å²) in [4.78, 5) is 33.7. The van der Waals surface area contributed by atoms with Crippen LogP contribution >= 0.6 is 0 Å². The van der Waals surface area contributed by atoms with Gasteiger partial charge in [-0.15, -0.1) is 5.92 Å². The maximum Gasteiger partial charge on any atom is 0.332 e. The zero-order valence-corrected chi connectivity index (χ0v) is 18.7. The van der Waals surface area contributed by atoms with Crippen LogP contribution in [0.5, 0.6) is 0 Å². The van der Waals surface area contributed by atoms with E-state index in [4.69, 9.17) is 15.1 Å². The molecule has 1 atom stereocenters. The first-order chi connectivity index (χ1) is 16.0. The Labute approximate surface area is 190 Å². The van der Waals surface area contributed by atoms with Crippen molar-refractivity contribution in [3.05, 3.63) is 56.9 Å². The fraction of sp³-hybridized carbons (Fsp3) is 0.375. The highest BCUT2D eigenvalue weighted by atomic mass is 16.3. The van der Waals surface area contributed by atoms with Crippen LogP contribution in [0.25, 0.3) is 22.1 Å². The maximum absolute atomic E-state index is 13.7. The number of aromatic nitrogens is 4. The molecule has 1 aliphatic heterocycles. The zero-order chi connectivity index (χ0) is 23.1. The Kier molecular flexibility index (Phi) is 5.30. The number of hydrogen-bond acceptors (Lipinski definition) is 6. The molecule has 2 N–H and O–H groups in total. The van der Waals surface area contributed by atoms with E-state index in [0.29, 0.717) is 35.8 Å². The molecule has 0 bridgehead atoms. The molecule has 9 nitrogen and oxygen atoms in total. The first-order valence-corrected chi connectivity index (χ1v) is 11.0. The molecule has 5 rings (SSSR count). The van der Waals surface area contributed by atoms with Gasteiger partial charge in [-0.05, 0) is 25.8 Å². The molecule has 1 saturated heterocycles. The predicted molar refractivity (Wildman–Crippen MR) is 127 cm³/mol. The molecular formula is C24H26N6O3. The number of para-hydroxylation sites is 1. The fourth-order valence-corrected chi connectivity index (χ4v) is 4.57. The molecule has 1 unspecified atom stereocenters. The van der Waals surface area contributed by atoms with E-state index in [1.807, 2.05) is 28.8 Å². The number of aryl methyl sites for hydroxylation is 1. The monoisotopic (exact) mass is 446 g/mol.